The summed E-state index contributed by atoms with van der Waals surface area (Å²) in [5.41, 5.74) is 8.42. The third kappa shape index (κ3) is 4.99. The highest BCUT2D eigenvalue weighted by Crippen LogP contribution is 2.31. The van der Waals surface area contributed by atoms with Crippen molar-refractivity contribution < 1.29 is 13.6 Å². The Kier molecular flexibility index (Phi) is 6.40. The summed E-state index contributed by atoms with van der Waals surface area (Å²) in [6.07, 6.45) is 0. The lowest BCUT2D eigenvalue weighted by Gasteiger charge is -2.18. The Morgan fingerprint density at radius 3 is 2.56 bits per heavy atom. The minimum absolute atomic E-state index is 0.0184. The molecule has 2 aromatic carbocycles. The van der Waals surface area contributed by atoms with Gasteiger partial charge >= 0.3 is 0 Å². The Balaban J connectivity index is 1.63. The van der Waals surface area contributed by atoms with Crippen molar-refractivity contribution in [2.75, 3.05) is 5.73 Å². The van der Waals surface area contributed by atoms with Gasteiger partial charge in [0.05, 0.1) is 23.1 Å². The van der Waals surface area contributed by atoms with E-state index in [2.05, 4.69) is 20.7 Å². The molecule has 4 rings (SSSR count). The summed E-state index contributed by atoms with van der Waals surface area (Å²) in [6.45, 7) is 4.26. The Bertz CT molecular complexity index is 1490. The van der Waals surface area contributed by atoms with Crippen molar-refractivity contribution >= 4 is 11.6 Å². The highest BCUT2D eigenvalue weighted by atomic mass is 19.3. The molecule has 0 saturated heterocycles. The van der Waals surface area contributed by atoms with Crippen LogP contribution in [-0.4, -0.2) is 30.7 Å². The fourth-order valence-electron chi connectivity index (χ4n) is 3.89. The van der Waals surface area contributed by atoms with Gasteiger partial charge in [0.15, 0.2) is 0 Å². The van der Waals surface area contributed by atoms with Crippen molar-refractivity contribution in [3.8, 4) is 16.9 Å². The zero-order chi connectivity index (χ0) is 26.2. The van der Waals surface area contributed by atoms with Crippen molar-refractivity contribution in [2.24, 2.45) is 7.05 Å². The third-order valence-corrected chi connectivity index (χ3v) is 5.72. The topological polar surface area (TPSA) is 121 Å². The molecule has 3 N–H and O–H groups in total. The smallest absolute Gasteiger partial charge is 0.272 e. The molecule has 1 amide bonds. The number of alkyl halides is 2. The van der Waals surface area contributed by atoms with Gasteiger partial charge < -0.3 is 11.1 Å². The third-order valence-electron chi connectivity index (χ3n) is 5.72. The van der Waals surface area contributed by atoms with Crippen LogP contribution in [0.1, 0.15) is 47.2 Å². The average Bonchev–Trinajstić information content (AvgIpc) is 3.16. The van der Waals surface area contributed by atoms with Gasteiger partial charge in [0.2, 0.25) is 0 Å². The average molecular weight is 494 g/mol. The first-order valence-electron chi connectivity index (χ1n) is 11.1. The number of hydrogen-bond donors (Lipinski definition) is 2. The van der Waals surface area contributed by atoms with Gasteiger partial charge in [-0.3, -0.25) is 9.59 Å². The molecule has 11 heteroatoms. The largest absolute Gasteiger partial charge is 0.399 e. The maximum atomic E-state index is 13.8. The number of nitrogens with zero attached hydrogens (tertiary/aromatic N) is 5. The van der Waals surface area contributed by atoms with Crippen LogP contribution in [0.15, 0.2) is 59.4 Å². The highest BCUT2D eigenvalue weighted by Gasteiger charge is 2.26. The van der Waals surface area contributed by atoms with E-state index < -0.39 is 23.4 Å². The van der Waals surface area contributed by atoms with Crippen LogP contribution < -0.4 is 16.6 Å². The SMILES string of the molecule is Cc1nnn(C)c1-c1cccc(-n2nc(C(=O)N[C@H](C)c3cc(N)cc(C(C)(F)F)c3)ccc2=O)c1. The number of carbonyl (C=O) groups excluding carboxylic acids is 1. The van der Waals surface area contributed by atoms with E-state index in [1.165, 1.54) is 30.3 Å². The van der Waals surface area contributed by atoms with E-state index >= 15 is 0 Å². The number of aryl methyl sites for hydroxylation is 2. The first kappa shape index (κ1) is 24.7. The summed E-state index contributed by atoms with van der Waals surface area (Å²) < 4.78 is 30.4. The van der Waals surface area contributed by atoms with Gasteiger partial charge in [-0.2, -0.15) is 9.78 Å². The zero-order valence-corrected chi connectivity index (χ0v) is 20.2. The molecule has 1 atom stereocenters. The second-order valence-electron chi connectivity index (χ2n) is 8.64. The molecule has 2 aromatic heterocycles. The van der Waals surface area contributed by atoms with Crippen LogP contribution in [0.4, 0.5) is 14.5 Å². The van der Waals surface area contributed by atoms with E-state index in [0.717, 1.165) is 28.6 Å². The number of benzene rings is 2. The van der Waals surface area contributed by atoms with E-state index in [-0.39, 0.29) is 16.9 Å². The molecule has 0 aliphatic carbocycles. The molecular weight excluding hydrogens is 468 g/mol. The normalized spacial score (nSPS) is 12.4. The number of amides is 1. The zero-order valence-electron chi connectivity index (χ0n) is 20.2. The monoisotopic (exact) mass is 493 g/mol. The number of nitrogens with two attached hydrogens (primary N) is 1. The number of nitrogens with one attached hydrogen (secondary N) is 1. The molecule has 186 valence electrons. The van der Waals surface area contributed by atoms with E-state index in [9.17, 15) is 18.4 Å². The summed E-state index contributed by atoms with van der Waals surface area (Å²) in [7, 11) is 1.77. The van der Waals surface area contributed by atoms with Crippen molar-refractivity contribution in [1.82, 2.24) is 30.1 Å². The molecule has 0 spiro atoms. The first-order valence-corrected chi connectivity index (χ1v) is 11.1. The van der Waals surface area contributed by atoms with Crippen LogP contribution in [0, 0.1) is 6.92 Å². The molecule has 0 fully saturated rings. The molecule has 0 saturated carbocycles. The number of hydrogen-bond acceptors (Lipinski definition) is 6. The Labute approximate surface area is 205 Å². The summed E-state index contributed by atoms with van der Waals surface area (Å²) in [5.74, 6) is -3.66. The first-order chi connectivity index (χ1) is 16.9. The lowest BCUT2D eigenvalue weighted by Crippen LogP contribution is -2.31. The predicted molar refractivity (Wildman–Crippen MR) is 131 cm³/mol. The number of rotatable bonds is 6. The second-order valence-corrected chi connectivity index (χ2v) is 8.64. The van der Waals surface area contributed by atoms with E-state index in [4.69, 9.17) is 5.73 Å². The fraction of sp³-hybridized carbons (Fsp3) is 0.240. The maximum absolute atomic E-state index is 13.8. The van der Waals surface area contributed by atoms with Crippen LogP contribution in [0.25, 0.3) is 16.9 Å². The molecule has 0 unspecified atom stereocenters. The number of aromatic nitrogens is 5. The second kappa shape index (κ2) is 9.33. The molecule has 2 heterocycles. The van der Waals surface area contributed by atoms with Crippen LogP contribution in [0.2, 0.25) is 0 Å². The molecule has 0 bridgehead atoms. The molecule has 9 nitrogen and oxygen atoms in total. The molecule has 0 radical (unpaired) electrons. The standard InChI is InChI=1S/C25H25F2N7O2/c1-14(17-10-18(25(3,26)27)13-19(28)11-17)29-24(36)21-8-9-22(35)34(31-21)20-7-5-6-16(12-20)23-15(2)30-32-33(23)4/h5-14H,28H2,1-4H3,(H,29,36)/t14-/m1/s1. The van der Waals surface area contributed by atoms with E-state index in [1.54, 1.807) is 36.9 Å². The minimum Gasteiger partial charge on any atom is -0.399 e. The predicted octanol–water partition coefficient (Wildman–Crippen LogP) is 3.52. The molecule has 0 aliphatic rings. The van der Waals surface area contributed by atoms with Crippen molar-refractivity contribution in [3.05, 3.63) is 87.5 Å². The number of anilines is 1. The quantitative estimate of drug-likeness (QED) is 0.397. The molecule has 4 aromatic rings. The Hall–Kier alpha value is -4.41. The van der Waals surface area contributed by atoms with Crippen LogP contribution >= 0.6 is 0 Å². The summed E-state index contributed by atoms with van der Waals surface area (Å²) in [4.78, 5) is 25.5. The molecule has 0 aliphatic heterocycles. The number of nitrogen functional groups attached to an aromatic ring is 1. The van der Waals surface area contributed by atoms with E-state index in [0.29, 0.717) is 11.3 Å². The van der Waals surface area contributed by atoms with Crippen LogP contribution in [0.3, 0.4) is 0 Å². The highest BCUT2D eigenvalue weighted by molar-refractivity contribution is 5.92. The fourth-order valence-corrected chi connectivity index (χ4v) is 3.89. The summed E-state index contributed by atoms with van der Waals surface area (Å²) >= 11 is 0. The van der Waals surface area contributed by atoms with Gasteiger partial charge in [0.1, 0.15) is 5.69 Å². The van der Waals surface area contributed by atoms with Crippen LogP contribution in [-0.2, 0) is 13.0 Å². The van der Waals surface area contributed by atoms with Gasteiger partial charge in [-0.25, -0.2) is 13.5 Å². The van der Waals surface area contributed by atoms with Gasteiger partial charge in [0.25, 0.3) is 17.4 Å². The summed E-state index contributed by atoms with van der Waals surface area (Å²) in [5, 5.41) is 15.0. The molecule has 36 heavy (non-hydrogen) atoms. The van der Waals surface area contributed by atoms with Crippen LogP contribution in [0.5, 0.6) is 0 Å². The Morgan fingerprint density at radius 1 is 1.14 bits per heavy atom. The van der Waals surface area contributed by atoms with Gasteiger partial charge in [-0.15, -0.1) is 5.10 Å². The number of carbonyl (C=O) groups is 1. The maximum Gasteiger partial charge on any atom is 0.272 e. The number of halogens is 2. The lowest BCUT2D eigenvalue weighted by atomic mass is 10.0. The van der Waals surface area contributed by atoms with Crippen molar-refractivity contribution in [1.29, 1.82) is 0 Å². The van der Waals surface area contributed by atoms with Gasteiger partial charge in [0, 0.05) is 36.9 Å². The van der Waals surface area contributed by atoms with Gasteiger partial charge in [-0.05, 0) is 55.8 Å². The minimum atomic E-state index is -3.08. The Morgan fingerprint density at radius 2 is 1.89 bits per heavy atom. The molecular formula is C25H25F2N7O2. The van der Waals surface area contributed by atoms with Gasteiger partial charge in [-0.1, -0.05) is 17.3 Å². The van der Waals surface area contributed by atoms with Crippen molar-refractivity contribution in [3.63, 3.8) is 0 Å². The van der Waals surface area contributed by atoms with Crippen molar-refractivity contribution in [2.45, 2.75) is 32.7 Å². The summed E-state index contributed by atoms with van der Waals surface area (Å²) in [6, 6.07) is 13.0. The lowest BCUT2D eigenvalue weighted by molar-refractivity contribution is 0.0174. The van der Waals surface area contributed by atoms with E-state index in [1.807, 2.05) is 13.0 Å².